The summed E-state index contributed by atoms with van der Waals surface area (Å²) in [6, 6.07) is 9.08. The zero-order valence-electron chi connectivity index (χ0n) is 17.3. The smallest absolute Gasteiger partial charge is 0.270 e. The molecule has 1 aliphatic heterocycles. The van der Waals surface area contributed by atoms with Crippen molar-refractivity contribution in [1.29, 1.82) is 0 Å². The normalized spacial score (nSPS) is 14.5. The van der Waals surface area contributed by atoms with Gasteiger partial charge >= 0.3 is 0 Å². The summed E-state index contributed by atoms with van der Waals surface area (Å²) in [4.78, 5) is 49.9. The number of hydrogen-bond acceptors (Lipinski definition) is 8. The van der Waals surface area contributed by atoms with E-state index >= 15 is 0 Å². The third-order valence-electron chi connectivity index (χ3n) is 4.61. The molecule has 33 heavy (non-hydrogen) atoms. The van der Waals surface area contributed by atoms with Crippen molar-refractivity contribution in [3.8, 4) is 0 Å². The zero-order valence-corrected chi connectivity index (χ0v) is 19.8. The molecule has 2 heterocycles. The van der Waals surface area contributed by atoms with E-state index in [9.17, 15) is 24.5 Å². The van der Waals surface area contributed by atoms with Crippen LogP contribution in [0, 0.1) is 10.1 Å². The molecule has 9 nitrogen and oxygen atoms in total. The number of unbranched alkanes of at least 4 members (excludes halogenated alkanes) is 2. The van der Waals surface area contributed by atoms with Crippen LogP contribution in [0.3, 0.4) is 0 Å². The topological polar surface area (TPSA) is 122 Å². The number of rotatable bonds is 9. The number of thiocarbonyl (C=S) groups is 1. The predicted molar refractivity (Wildman–Crippen MR) is 131 cm³/mol. The molecule has 1 aromatic carbocycles. The average molecular weight is 505 g/mol. The summed E-state index contributed by atoms with van der Waals surface area (Å²) < 4.78 is 0.532. The zero-order chi connectivity index (χ0) is 23.8. The monoisotopic (exact) mass is 504 g/mol. The SMILES string of the molecule is O=C(CCCCCN1C(=O)C(=Cc2cccs2)SC1=S)NNC(=O)c1cccc([N+](=O)[O-])c1. The Kier molecular flexibility index (Phi) is 8.69. The van der Waals surface area contributed by atoms with Crippen LogP contribution in [-0.2, 0) is 9.59 Å². The van der Waals surface area contributed by atoms with Crippen molar-refractivity contribution in [2.45, 2.75) is 25.7 Å². The van der Waals surface area contributed by atoms with Crippen LogP contribution in [0.1, 0.15) is 40.9 Å². The first-order chi connectivity index (χ1) is 15.8. The molecule has 1 saturated heterocycles. The van der Waals surface area contributed by atoms with E-state index in [1.807, 2.05) is 23.6 Å². The Morgan fingerprint density at radius 3 is 2.70 bits per heavy atom. The maximum atomic E-state index is 12.6. The highest BCUT2D eigenvalue weighted by Gasteiger charge is 2.31. The number of nitrogens with one attached hydrogen (secondary N) is 2. The molecule has 172 valence electrons. The minimum Gasteiger partial charge on any atom is -0.293 e. The van der Waals surface area contributed by atoms with Crippen LogP contribution in [-0.4, -0.2) is 38.4 Å². The van der Waals surface area contributed by atoms with Crippen LogP contribution in [0.5, 0.6) is 0 Å². The molecule has 2 N–H and O–H groups in total. The number of nitrogens with zero attached hydrogens (tertiary/aromatic N) is 2. The van der Waals surface area contributed by atoms with Gasteiger partial charge in [0.15, 0.2) is 0 Å². The van der Waals surface area contributed by atoms with Gasteiger partial charge in [0.05, 0.1) is 9.83 Å². The molecule has 0 unspecified atom stereocenters. The highest BCUT2D eigenvalue weighted by molar-refractivity contribution is 8.26. The molecule has 1 aliphatic rings. The lowest BCUT2D eigenvalue weighted by atomic mass is 10.2. The molecular formula is C21H20N4O5S3. The van der Waals surface area contributed by atoms with Gasteiger partial charge in [0, 0.05) is 35.5 Å². The maximum absolute atomic E-state index is 12.6. The second-order valence-corrected chi connectivity index (χ2v) is 9.62. The second kappa shape index (κ2) is 11.7. The number of hydrogen-bond donors (Lipinski definition) is 2. The number of non-ortho nitro benzene ring substituents is 1. The summed E-state index contributed by atoms with van der Waals surface area (Å²) in [7, 11) is 0. The van der Waals surface area contributed by atoms with E-state index in [4.69, 9.17) is 12.2 Å². The molecular weight excluding hydrogens is 484 g/mol. The number of thioether (sulfide) groups is 1. The molecule has 0 radical (unpaired) electrons. The van der Waals surface area contributed by atoms with E-state index in [0.717, 1.165) is 10.9 Å². The van der Waals surface area contributed by atoms with E-state index in [1.54, 1.807) is 16.2 Å². The number of nitro groups is 1. The van der Waals surface area contributed by atoms with Gasteiger partial charge in [0.25, 0.3) is 17.5 Å². The van der Waals surface area contributed by atoms with E-state index in [1.165, 1.54) is 30.0 Å². The summed E-state index contributed by atoms with van der Waals surface area (Å²) in [6.45, 7) is 0.484. The number of nitro benzene ring substituents is 1. The fourth-order valence-corrected chi connectivity index (χ4v) is 4.98. The van der Waals surface area contributed by atoms with Gasteiger partial charge in [-0.25, -0.2) is 0 Å². The van der Waals surface area contributed by atoms with Gasteiger partial charge in [-0.1, -0.05) is 42.5 Å². The van der Waals surface area contributed by atoms with Gasteiger partial charge in [-0.2, -0.15) is 0 Å². The molecule has 1 fully saturated rings. The van der Waals surface area contributed by atoms with Crippen molar-refractivity contribution in [2.75, 3.05) is 6.54 Å². The largest absolute Gasteiger partial charge is 0.293 e. The number of thiophene rings is 1. The van der Waals surface area contributed by atoms with Gasteiger partial charge in [0.2, 0.25) is 5.91 Å². The van der Waals surface area contributed by atoms with Crippen molar-refractivity contribution in [2.24, 2.45) is 0 Å². The van der Waals surface area contributed by atoms with Crippen LogP contribution in [0.25, 0.3) is 6.08 Å². The Morgan fingerprint density at radius 2 is 1.97 bits per heavy atom. The maximum Gasteiger partial charge on any atom is 0.270 e. The van der Waals surface area contributed by atoms with Crippen molar-refractivity contribution < 1.29 is 19.3 Å². The molecule has 2 aromatic rings. The molecule has 1 aromatic heterocycles. The number of hydrazine groups is 1. The average Bonchev–Trinajstić information content (AvgIpc) is 3.40. The molecule has 0 saturated carbocycles. The summed E-state index contributed by atoms with van der Waals surface area (Å²) in [6.07, 6.45) is 3.99. The molecule has 0 bridgehead atoms. The third-order valence-corrected chi connectivity index (χ3v) is 6.81. The van der Waals surface area contributed by atoms with Gasteiger partial charge in [0.1, 0.15) is 4.32 Å². The van der Waals surface area contributed by atoms with Crippen LogP contribution < -0.4 is 10.9 Å². The highest BCUT2D eigenvalue weighted by Crippen LogP contribution is 2.33. The first kappa shape index (κ1) is 24.6. The second-order valence-electron chi connectivity index (χ2n) is 6.97. The van der Waals surface area contributed by atoms with Crippen molar-refractivity contribution in [1.82, 2.24) is 15.8 Å². The highest BCUT2D eigenvalue weighted by atomic mass is 32.2. The van der Waals surface area contributed by atoms with Crippen molar-refractivity contribution in [3.05, 3.63) is 67.2 Å². The van der Waals surface area contributed by atoms with Crippen LogP contribution in [0.4, 0.5) is 5.69 Å². The predicted octanol–water partition coefficient (Wildman–Crippen LogP) is 3.88. The number of benzene rings is 1. The molecule has 3 rings (SSSR count). The summed E-state index contributed by atoms with van der Waals surface area (Å²) in [5, 5.41) is 12.7. The molecule has 0 atom stereocenters. The van der Waals surface area contributed by atoms with Gasteiger partial charge in [-0.3, -0.25) is 40.2 Å². The number of amides is 3. The third kappa shape index (κ3) is 6.94. The van der Waals surface area contributed by atoms with E-state index in [-0.39, 0.29) is 29.5 Å². The molecule has 0 aliphatic carbocycles. The van der Waals surface area contributed by atoms with E-state index in [2.05, 4.69) is 10.9 Å². The first-order valence-electron chi connectivity index (χ1n) is 9.97. The fourth-order valence-electron chi connectivity index (χ4n) is 2.95. The quantitative estimate of drug-likeness (QED) is 0.175. The van der Waals surface area contributed by atoms with Crippen LogP contribution in [0.2, 0.25) is 0 Å². The van der Waals surface area contributed by atoms with Gasteiger partial charge in [-0.15, -0.1) is 11.3 Å². The Labute approximate surface area is 203 Å². The Balaban J connectivity index is 1.35. The van der Waals surface area contributed by atoms with Gasteiger partial charge < -0.3 is 0 Å². The summed E-state index contributed by atoms with van der Waals surface area (Å²) in [5.41, 5.74) is 4.40. The Hall–Kier alpha value is -3.09. The van der Waals surface area contributed by atoms with E-state index < -0.39 is 10.8 Å². The lowest BCUT2D eigenvalue weighted by molar-refractivity contribution is -0.384. The Bertz CT molecular complexity index is 1100. The van der Waals surface area contributed by atoms with Crippen LogP contribution >= 0.6 is 35.3 Å². The fraction of sp³-hybridized carbons (Fsp3) is 0.238. The van der Waals surface area contributed by atoms with Crippen molar-refractivity contribution in [3.63, 3.8) is 0 Å². The molecule has 12 heteroatoms. The van der Waals surface area contributed by atoms with E-state index in [0.29, 0.717) is 35.0 Å². The first-order valence-corrected chi connectivity index (χ1v) is 12.1. The van der Waals surface area contributed by atoms with Crippen molar-refractivity contribution >= 4 is 69.1 Å². The minimum atomic E-state index is -0.642. The number of carbonyl (C=O) groups excluding carboxylic acids is 3. The van der Waals surface area contributed by atoms with Crippen LogP contribution in [0.15, 0.2) is 46.7 Å². The summed E-state index contributed by atoms with van der Waals surface area (Å²) in [5.74, 6) is -1.12. The molecule has 3 amide bonds. The summed E-state index contributed by atoms with van der Waals surface area (Å²) >= 11 is 8.17. The van der Waals surface area contributed by atoms with Gasteiger partial charge in [-0.05, 0) is 36.4 Å². The lowest BCUT2D eigenvalue weighted by Gasteiger charge is -2.14. The molecule has 0 spiro atoms. The standard InChI is InChI=1S/C21H20N4O5S3/c26-18(22-23-19(27)14-6-4-7-15(12-14)25(29)30)9-2-1-3-10-24-20(28)17(33-21(24)31)13-16-8-5-11-32-16/h4-8,11-13H,1-3,9-10H2,(H,22,26)(H,23,27). The minimum absolute atomic E-state index is 0.0705. The number of carbonyl (C=O) groups is 3. The lowest BCUT2D eigenvalue weighted by Crippen LogP contribution is -2.41. The Morgan fingerprint density at radius 1 is 1.15 bits per heavy atom.